The Balaban J connectivity index is 1.95. The summed E-state index contributed by atoms with van der Waals surface area (Å²) in [5.74, 6) is -0.414. The summed E-state index contributed by atoms with van der Waals surface area (Å²) in [6.07, 6.45) is 1.62. The molecule has 1 aromatic rings. The summed E-state index contributed by atoms with van der Waals surface area (Å²) in [6.45, 7) is 4.06. The molecule has 0 saturated carbocycles. The van der Waals surface area contributed by atoms with E-state index in [1.807, 2.05) is 6.07 Å². The van der Waals surface area contributed by atoms with Gasteiger partial charge in [-0.15, -0.1) is 0 Å². The summed E-state index contributed by atoms with van der Waals surface area (Å²) in [7, 11) is 5.64. The van der Waals surface area contributed by atoms with Gasteiger partial charge >= 0.3 is 5.97 Å². The van der Waals surface area contributed by atoms with Crippen molar-refractivity contribution in [1.82, 2.24) is 14.8 Å². The van der Waals surface area contributed by atoms with Crippen molar-refractivity contribution in [2.45, 2.75) is 6.04 Å². The lowest BCUT2D eigenvalue weighted by atomic mass is 10.2. The molecular formula is C14H22N4O2. The zero-order valence-corrected chi connectivity index (χ0v) is 12.3. The Morgan fingerprint density at radius 3 is 3.05 bits per heavy atom. The number of nitrogens with one attached hydrogen (secondary N) is 1. The lowest BCUT2D eigenvalue weighted by Crippen LogP contribution is -2.52. The van der Waals surface area contributed by atoms with E-state index < -0.39 is 5.97 Å². The molecule has 2 heterocycles. The summed E-state index contributed by atoms with van der Waals surface area (Å²) >= 11 is 0. The zero-order valence-electron chi connectivity index (χ0n) is 12.3. The molecule has 1 N–H and O–H groups in total. The third-order valence-electron chi connectivity index (χ3n) is 3.68. The molecule has 1 saturated heterocycles. The molecule has 6 heteroatoms. The molecule has 2 rings (SSSR count). The van der Waals surface area contributed by atoms with Crippen LogP contribution in [0.25, 0.3) is 0 Å². The highest BCUT2D eigenvalue weighted by Crippen LogP contribution is 2.11. The van der Waals surface area contributed by atoms with Crippen LogP contribution in [0.4, 0.5) is 5.69 Å². The number of rotatable bonds is 4. The highest BCUT2D eigenvalue weighted by atomic mass is 16.5. The number of hydrogen-bond acceptors (Lipinski definition) is 6. The monoisotopic (exact) mass is 278 g/mol. The largest absolute Gasteiger partial charge is 0.464 e. The molecule has 0 radical (unpaired) electrons. The van der Waals surface area contributed by atoms with E-state index in [-0.39, 0.29) is 0 Å². The summed E-state index contributed by atoms with van der Waals surface area (Å²) in [6, 6.07) is 4.04. The number of carbonyl (C=O) groups excluding carboxylic acids is 1. The average molecular weight is 278 g/mol. The smallest absolute Gasteiger partial charge is 0.356 e. The summed E-state index contributed by atoms with van der Waals surface area (Å²) in [5.41, 5.74) is 1.22. The van der Waals surface area contributed by atoms with Crippen LogP contribution >= 0.6 is 0 Å². The molecule has 1 aromatic heterocycles. The minimum absolute atomic E-state index is 0.326. The van der Waals surface area contributed by atoms with Gasteiger partial charge in [0.15, 0.2) is 0 Å². The van der Waals surface area contributed by atoms with Crippen LogP contribution in [0.3, 0.4) is 0 Å². The van der Waals surface area contributed by atoms with Gasteiger partial charge in [-0.1, -0.05) is 0 Å². The van der Waals surface area contributed by atoms with E-state index in [0.717, 1.165) is 31.9 Å². The van der Waals surface area contributed by atoms with E-state index in [2.05, 4.69) is 38.9 Å². The maximum Gasteiger partial charge on any atom is 0.356 e. The number of aromatic nitrogens is 1. The second-order valence-electron chi connectivity index (χ2n) is 5.20. The Kier molecular flexibility index (Phi) is 4.92. The standard InChI is InChI=1S/C14H22N4O2/c1-17-6-7-18(2)12(10-17)9-16-11-4-5-15-13(8-11)14(19)20-3/h4-5,8,12H,6-7,9-10H2,1-3H3,(H,15,16). The van der Waals surface area contributed by atoms with Gasteiger partial charge in [0.2, 0.25) is 0 Å². The molecule has 0 aromatic carbocycles. The van der Waals surface area contributed by atoms with Crippen molar-refractivity contribution in [1.29, 1.82) is 0 Å². The van der Waals surface area contributed by atoms with E-state index in [9.17, 15) is 4.79 Å². The van der Waals surface area contributed by atoms with Gasteiger partial charge in [0.05, 0.1) is 7.11 Å². The fourth-order valence-electron chi connectivity index (χ4n) is 2.31. The number of hydrogen-bond donors (Lipinski definition) is 1. The molecule has 1 aliphatic heterocycles. The molecule has 0 spiro atoms. The molecule has 110 valence electrons. The molecule has 0 amide bonds. The van der Waals surface area contributed by atoms with Gasteiger partial charge in [-0.05, 0) is 26.2 Å². The van der Waals surface area contributed by atoms with Gasteiger partial charge in [-0.2, -0.15) is 0 Å². The lowest BCUT2D eigenvalue weighted by Gasteiger charge is -2.37. The maximum atomic E-state index is 11.4. The lowest BCUT2D eigenvalue weighted by molar-refractivity contribution is 0.0594. The zero-order chi connectivity index (χ0) is 14.5. The normalized spacial score (nSPS) is 20.6. The average Bonchev–Trinajstić information content (AvgIpc) is 2.47. The van der Waals surface area contributed by atoms with Crippen LogP contribution in [0.15, 0.2) is 18.3 Å². The number of methoxy groups -OCH3 is 1. The first-order chi connectivity index (χ1) is 9.60. The first kappa shape index (κ1) is 14.7. The van der Waals surface area contributed by atoms with Gasteiger partial charge in [0, 0.05) is 44.1 Å². The molecule has 0 bridgehead atoms. The molecular weight excluding hydrogens is 256 g/mol. The van der Waals surface area contributed by atoms with E-state index in [0.29, 0.717) is 11.7 Å². The van der Waals surface area contributed by atoms with Crippen molar-refractivity contribution in [2.75, 3.05) is 52.7 Å². The first-order valence-electron chi connectivity index (χ1n) is 6.77. The summed E-state index contributed by atoms with van der Waals surface area (Å²) < 4.78 is 4.67. The van der Waals surface area contributed by atoms with Crippen LogP contribution in [0.2, 0.25) is 0 Å². The van der Waals surface area contributed by atoms with Crippen LogP contribution in [0, 0.1) is 0 Å². The molecule has 0 aliphatic carbocycles. The van der Waals surface area contributed by atoms with Crippen molar-refractivity contribution >= 4 is 11.7 Å². The maximum absolute atomic E-state index is 11.4. The second-order valence-corrected chi connectivity index (χ2v) is 5.20. The summed E-state index contributed by atoms with van der Waals surface area (Å²) in [4.78, 5) is 20.1. The molecule has 1 fully saturated rings. The van der Waals surface area contributed by atoms with Gasteiger partial charge in [-0.25, -0.2) is 9.78 Å². The van der Waals surface area contributed by atoms with Crippen LogP contribution < -0.4 is 5.32 Å². The fourth-order valence-corrected chi connectivity index (χ4v) is 2.31. The number of pyridine rings is 1. The molecule has 20 heavy (non-hydrogen) atoms. The number of likely N-dealkylation sites (N-methyl/N-ethyl adjacent to an activating group) is 2. The quantitative estimate of drug-likeness (QED) is 0.811. The third kappa shape index (κ3) is 3.68. The van der Waals surface area contributed by atoms with Gasteiger partial charge in [0.1, 0.15) is 5.69 Å². The summed E-state index contributed by atoms with van der Waals surface area (Å²) in [5, 5.41) is 3.37. The predicted octanol–water partition coefficient (Wildman–Crippen LogP) is 0.526. The second kappa shape index (κ2) is 6.67. The van der Waals surface area contributed by atoms with Crippen LogP contribution in [0.1, 0.15) is 10.5 Å². The van der Waals surface area contributed by atoms with Gasteiger partial charge < -0.3 is 15.0 Å². The topological polar surface area (TPSA) is 57.7 Å². The van der Waals surface area contributed by atoms with Gasteiger partial charge in [0.25, 0.3) is 0 Å². The number of ether oxygens (including phenoxy) is 1. The Hall–Kier alpha value is -1.66. The molecule has 1 atom stereocenters. The minimum atomic E-state index is -0.414. The highest BCUT2D eigenvalue weighted by molar-refractivity contribution is 5.88. The fraction of sp³-hybridized carbons (Fsp3) is 0.571. The SMILES string of the molecule is COC(=O)c1cc(NCC2CN(C)CCN2C)ccn1. The van der Waals surface area contributed by atoms with Crippen LogP contribution in [-0.2, 0) is 4.74 Å². The number of nitrogens with zero attached hydrogens (tertiary/aromatic N) is 3. The van der Waals surface area contributed by atoms with E-state index in [1.54, 1.807) is 12.3 Å². The Labute approximate surface area is 119 Å². The van der Waals surface area contributed by atoms with Crippen LogP contribution in [-0.4, -0.2) is 74.2 Å². The van der Waals surface area contributed by atoms with Crippen molar-refractivity contribution in [3.8, 4) is 0 Å². The van der Waals surface area contributed by atoms with Crippen molar-refractivity contribution in [2.24, 2.45) is 0 Å². The minimum Gasteiger partial charge on any atom is -0.464 e. The van der Waals surface area contributed by atoms with Gasteiger partial charge in [-0.3, -0.25) is 4.90 Å². The van der Waals surface area contributed by atoms with E-state index in [4.69, 9.17) is 0 Å². The van der Waals surface area contributed by atoms with Crippen molar-refractivity contribution < 1.29 is 9.53 Å². The molecule has 1 aliphatic rings. The predicted molar refractivity (Wildman–Crippen MR) is 78.0 cm³/mol. The molecule has 1 unspecified atom stereocenters. The van der Waals surface area contributed by atoms with E-state index >= 15 is 0 Å². The Bertz CT molecular complexity index is 466. The number of esters is 1. The number of anilines is 1. The number of piperazine rings is 1. The van der Waals surface area contributed by atoms with E-state index in [1.165, 1.54) is 7.11 Å². The van der Waals surface area contributed by atoms with Crippen LogP contribution in [0.5, 0.6) is 0 Å². The van der Waals surface area contributed by atoms with Crippen molar-refractivity contribution in [3.05, 3.63) is 24.0 Å². The Morgan fingerprint density at radius 2 is 2.30 bits per heavy atom. The Morgan fingerprint density at radius 1 is 1.50 bits per heavy atom. The third-order valence-corrected chi connectivity index (χ3v) is 3.68. The van der Waals surface area contributed by atoms with Crippen molar-refractivity contribution in [3.63, 3.8) is 0 Å². The highest BCUT2D eigenvalue weighted by Gasteiger charge is 2.21. The molecule has 6 nitrogen and oxygen atoms in total. The first-order valence-corrected chi connectivity index (χ1v) is 6.77. The number of carbonyl (C=O) groups is 1.